The van der Waals surface area contributed by atoms with Crippen molar-refractivity contribution in [3.8, 4) is 0 Å². The van der Waals surface area contributed by atoms with Crippen molar-refractivity contribution in [3.63, 3.8) is 0 Å². The second-order valence-corrected chi connectivity index (χ2v) is 7.22. The minimum atomic E-state index is -3.57. The maximum atomic E-state index is 12.3. The third-order valence-corrected chi connectivity index (χ3v) is 5.50. The van der Waals surface area contributed by atoms with E-state index in [4.69, 9.17) is 23.2 Å². The van der Waals surface area contributed by atoms with Crippen LogP contribution in [0.4, 0.5) is 0 Å². The molecule has 1 saturated heterocycles. The summed E-state index contributed by atoms with van der Waals surface area (Å²) in [5.41, 5.74) is 0. The summed E-state index contributed by atoms with van der Waals surface area (Å²) < 4.78 is 27.3. The first-order chi connectivity index (χ1) is 8.90. The van der Waals surface area contributed by atoms with Gasteiger partial charge in [0.2, 0.25) is 10.0 Å². The predicted octanol–water partition coefficient (Wildman–Crippen LogP) is 2.41. The lowest BCUT2D eigenvalue weighted by atomic mass is 10.0. The molecule has 2 rings (SSSR count). The van der Waals surface area contributed by atoms with Gasteiger partial charge in [0.1, 0.15) is 0 Å². The van der Waals surface area contributed by atoms with Crippen molar-refractivity contribution in [2.75, 3.05) is 6.54 Å². The van der Waals surface area contributed by atoms with Crippen molar-refractivity contribution in [1.29, 1.82) is 0 Å². The lowest BCUT2D eigenvalue weighted by Gasteiger charge is -2.30. The van der Waals surface area contributed by atoms with Crippen molar-refractivity contribution in [1.82, 2.24) is 10.0 Å². The van der Waals surface area contributed by atoms with Crippen LogP contribution in [0.15, 0.2) is 23.1 Å². The Hall–Kier alpha value is -0.330. The van der Waals surface area contributed by atoms with E-state index in [1.807, 2.05) is 6.92 Å². The molecule has 2 unspecified atom stereocenters. The summed E-state index contributed by atoms with van der Waals surface area (Å²) in [6, 6.07) is 4.32. The second-order valence-electron chi connectivity index (χ2n) is 4.69. The van der Waals surface area contributed by atoms with Gasteiger partial charge in [0.05, 0.1) is 14.9 Å². The monoisotopic (exact) mass is 322 g/mol. The first-order valence-corrected chi connectivity index (χ1v) is 8.35. The second kappa shape index (κ2) is 5.97. The van der Waals surface area contributed by atoms with Gasteiger partial charge in [-0.3, -0.25) is 0 Å². The molecule has 0 aliphatic carbocycles. The van der Waals surface area contributed by atoms with Gasteiger partial charge in [-0.25, -0.2) is 13.1 Å². The van der Waals surface area contributed by atoms with Gasteiger partial charge in [0.25, 0.3) is 0 Å². The molecule has 0 spiro atoms. The third-order valence-electron chi connectivity index (χ3n) is 3.27. The van der Waals surface area contributed by atoms with E-state index in [0.717, 1.165) is 19.4 Å². The molecular formula is C12H16Cl2N2O2S. The van der Waals surface area contributed by atoms with Gasteiger partial charge in [-0.1, -0.05) is 23.2 Å². The molecule has 0 radical (unpaired) electrons. The van der Waals surface area contributed by atoms with Crippen LogP contribution in [-0.2, 0) is 10.0 Å². The molecular weight excluding hydrogens is 307 g/mol. The average Bonchev–Trinajstić information content (AvgIpc) is 2.35. The Labute approximate surface area is 123 Å². The van der Waals surface area contributed by atoms with Crippen LogP contribution < -0.4 is 10.0 Å². The minimum Gasteiger partial charge on any atom is -0.313 e. The van der Waals surface area contributed by atoms with Gasteiger partial charge in [0.15, 0.2) is 0 Å². The Morgan fingerprint density at radius 1 is 1.32 bits per heavy atom. The summed E-state index contributed by atoms with van der Waals surface area (Å²) in [6.45, 7) is 2.90. The number of benzene rings is 1. The van der Waals surface area contributed by atoms with Gasteiger partial charge in [-0.2, -0.15) is 0 Å². The number of piperidine rings is 1. The summed E-state index contributed by atoms with van der Waals surface area (Å²) in [7, 11) is -3.57. The third kappa shape index (κ3) is 3.61. The number of hydrogen-bond acceptors (Lipinski definition) is 3. The number of sulfonamides is 1. The smallest absolute Gasteiger partial charge is 0.240 e. The average molecular weight is 323 g/mol. The van der Waals surface area contributed by atoms with Gasteiger partial charge in [0, 0.05) is 12.1 Å². The van der Waals surface area contributed by atoms with Crippen LogP contribution in [0.2, 0.25) is 10.0 Å². The maximum Gasteiger partial charge on any atom is 0.240 e. The van der Waals surface area contributed by atoms with Crippen LogP contribution in [0.5, 0.6) is 0 Å². The number of halogens is 2. The topological polar surface area (TPSA) is 58.2 Å². The first kappa shape index (κ1) is 15.1. The van der Waals surface area contributed by atoms with Crippen LogP contribution in [0.25, 0.3) is 0 Å². The molecule has 1 aliphatic heterocycles. The molecule has 7 heteroatoms. The van der Waals surface area contributed by atoms with Gasteiger partial charge < -0.3 is 5.32 Å². The molecule has 2 N–H and O–H groups in total. The summed E-state index contributed by atoms with van der Waals surface area (Å²) in [5, 5.41) is 3.83. The van der Waals surface area contributed by atoms with E-state index in [1.165, 1.54) is 18.2 Å². The number of hydrogen-bond donors (Lipinski definition) is 2. The molecule has 1 aromatic carbocycles. The fourth-order valence-corrected chi connectivity index (χ4v) is 3.86. The molecule has 0 amide bonds. The Morgan fingerprint density at radius 3 is 2.68 bits per heavy atom. The minimum absolute atomic E-state index is 0.104. The van der Waals surface area contributed by atoms with Crippen LogP contribution in [0.1, 0.15) is 19.8 Å². The molecule has 1 fully saturated rings. The zero-order valence-electron chi connectivity index (χ0n) is 10.5. The van der Waals surface area contributed by atoms with Crippen molar-refractivity contribution < 1.29 is 8.42 Å². The normalized spacial score (nSPS) is 24.4. The quantitative estimate of drug-likeness (QED) is 0.898. The lowest BCUT2D eigenvalue weighted by Crippen LogP contribution is -2.51. The van der Waals surface area contributed by atoms with Crippen LogP contribution >= 0.6 is 23.2 Å². The molecule has 1 aromatic rings. The van der Waals surface area contributed by atoms with E-state index < -0.39 is 10.0 Å². The highest BCUT2D eigenvalue weighted by atomic mass is 35.5. The highest BCUT2D eigenvalue weighted by Gasteiger charge is 2.26. The number of nitrogens with one attached hydrogen (secondary N) is 2. The summed E-state index contributed by atoms with van der Waals surface area (Å²) in [6.07, 6.45) is 1.79. The van der Waals surface area contributed by atoms with Crippen LogP contribution in [0.3, 0.4) is 0 Å². The van der Waals surface area contributed by atoms with E-state index in [-0.39, 0.29) is 22.0 Å². The molecule has 2 atom stereocenters. The van der Waals surface area contributed by atoms with Crippen molar-refractivity contribution in [2.24, 2.45) is 0 Å². The standard InChI is InChI=1S/C12H16Cl2N2O2S/c1-8-12(3-2-6-15-8)16-19(17,18)9-4-5-10(13)11(14)7-9/h4-5,7-8,12,15-16H,2-3,6H2,1H3. The fraction of sp³-hybridized carbons (Fsp3) is 0.500. The molecule has 19 heavy (non-hydrogen) atoms. The molecule has 1 heterocycles. The fourth-order valence-electron chi connectivity index (χ4n) is 2.12. The lowest BCUT2D eigenvalue weighted by molar-refractivity contribution is 0.349. The Kier molecular flexibility index (Phi) is 4.74. The van der Waals surface area contributed by atoms with Gasteiger partial charge in [-0.15, -0.1) is 0 Å². The zero-order valence-corrected chi connectivity index (χ0v) is 12.8. The molecule has 0 aromatic heterocycles. The van der Waals surface area contributed by atoms with Crippen LogP contribution in [0, 0.1) is 0 Å². The van der Waals surface area contributed by atoms with Crippen molar-refractivity contribution >= 4 is 33.2 Å². The van der Waals surface area contributed by atoms with Crippen molar-refractivity contribution in [3.05, 3.63) is 28.2 Å². The van der Waals surface area contributed by atoms with E-state index in [2.05, 4.69) is 10.0 Å². The maximum absolute atomic E-state index is 12.3. The summed E-state index contributed by atoms with van der Waals surface area (Å²) in [5.74, 6) is 0. The van der Waals surface area contributed by atoms with Gasteiger partial charge in [-0.05, 0) is 44.5 Å². The highest BCUT2D eigenvalue weighted by molar-refractivity contribution is 7.89. The predicted molar refractivity (Wildman–Crippen MR) is 77.3 cm³/mol. The van der Waals surface area contributed by atoms with Gasteiger partial charge >= 0.3 is 0 Å². The first-order valence-electron chi connectivity index (χ1n) is 6.11. The highest BCUT2D eigenvalue weighted by Crippen LogP contribution is 2.25. The van der Waals surface area contributed by atoms with E-state index in [9.17, 15) is 8.42 Å². The Morgan fingerprint density at radius 2 is 2.05 bits per heavy atom. The molecule has 0 saturated carbocycles. The Bertz CT molecular complexity index is 563. The molecule has 0 bridgehead atoms. The van der Waals surface area contributed by atoms with E-state index >= 15 is 0 Å². The largest absolute Gasteiger partial charge is 0.313 e. The molecule has 1 aliphatic rings. The summed E-state index contributed by atoms with van der Waals surface area (Å²) >= 11 is 11.6. The van der Waals surface area contributed by atoms with E-state index in [0.29, 0.717) is 5.02 Å². The zero-order chi connectivity index (χ0) is 14.0. The summed E-state index contributed by atoms with van der Waals surface area (Å²) in [4.78, 5) is 0.139. The Balaban J connectivity index is 2.19. The molecule has 106 valence electrons. The van der Waals surface area contributed by atoms with Crippen LogP contribution in [-0.4, -0.2) is 27.0 Å². The molecule has 4 nitrogen and oxygen atoms in total. The van der Waals surface area contributed by atoms with E-state index in [1.54, 1.807) is 0 Å². The number of rotatable bonds is 3. The SMILES string of the molecule is CC1NCCCC1NS(=O)(=O)c1ccc(Cl)c(Cl)c1. The van der Waals surface area contributed by atoms with Crippen molar-refractivity contribution in [2.45, 2.75) is 36.7 Å².